The maximum atomic E-state index is 14.7. The predicted octanol–water partition coefficient (Wildman–Crippen LogP) is 2.17. The van der Waals surface area contributed by atoms with E-state index >= 15 is 0 Å². The van der Waals surface area contributed by atoms with Crippen LogP contribution in [0.1, 0.15) is 28.8 Å². The summed E-state index contributed by atoms with van der Waals surface area (Å²) in [6.07, 6.45) is 8.15. The number of nitriles is 1. The molecule has 2 aliphatic rings. The molecule has 0 aromatic carbocycles. The van der Waals surface area contributed by atoms with Crippen LogP contribution in [0.5, 0.6) is 0 Å². The molecule has 2 unspecified atom stereocenters. The first-order valence-electron chi connectivity index (χ1n) is 9.74. The lowest BCUT2D eigenvalue weighted by molar-refractivity contribution is 0.0716. The molecule has 0 aliphatic carbocycles. The molecule has 0 saturated carbocycles. The first kappa shape index (κ1) is 18.2. The Morgan fingerprint density at radius 3 is 2.53 bits per heavy atom. The molecule has 0 radical (unpaired) electrons. The molecular weight excluding hydrogens is 385 g/mol. The Morgan fingerprint density at radius 1 is 1.07 bits per heavy atom. The van der Waals surface area contributed by atoms with Crippen LogP contribution in [0.25, 0.3) is 5.82 Å². The Hall–Kier alpha value is -3.80. The standard InChI is InChI=1S/C21H18FN7O/c22-18-14(11-23)6-9-25-20(18)29-15-4-5-16(29)13-27(12-15)21(30)17-3-1-7-24-19(17)28-10-2-8-26-28/h1-3,6-10,15-16H,4-5,12-13H2. The Kier molecular flexibility index (Phi) is 4.39. The zero-order valence-corrected chi connectivity index (χ0v) is 16.0. The number of carbonyl (C=O) groups excluding carboxylic acids is 1. The first-order valence-corrected chi connectivity index (χ1v) is 9.74. The van der Waals surface area contributed by atoms with Crippen molar-refractivity contribution in [2.45, 2.75) is 24.9 Å². The highest BCUT2D eigenvalue weighted by atomic mass is 19.1. The lowest BCUT2D eigenvalue weighted by Crippen LogP contribution is -2.56. The molecule has 3 aromatic rings. The van der Waals surface area contributed by atoms with Gasteiger partial charge in [0.1, 0.15) is 6.07 Å². The number of pyridine rings is 2. The molecule has 0 N–H and O–H groups in total. The van der Waals surface area contributed by atoms with Crippen LogP contribution in [0.3, 0.4) is 0 Å². The van der Waals surface area contributed by atoms with Gasteiger partial charge in [-0.15, -0.1) is 0 Å². The van der Waals surface area contributed by atoms with Crippen LogP contribution < -0.4 is 4.90 Å². The zero-order chi connectivity index (χ0) is 20.7. The number of rotatable bonds is 3. The van der Waals surface area contributed by atoms with Crippen molar-refractivity contribution < 1.29 is 9.18 Å². The second-order valence-electron chi connectivity index (χ2n) is 7.44. The summed E-state index contributed by atoms with van der Waals surface area (Å²) in [6.45, 7) is 0.918. The SMILES string of the molecule is N#Cc1ccnc(N2C3CCC2CN(C(=O)c2cccnc2-n2cccn2)C3)c1F. The van der Waals surface area contributed by atoms with Crippen molar-refractivity contribution in [2.75, 3.05) is 18.0 Å². The highest BCUT2D eigenvalue weighted by Crippen LogP contribution is 2.36. The summed E-state index contributed by atoms with van der Waals surface area (Å²) in [5, 5.41) is 13.3. The summed E-state index contributed by atoms with van der Waals surface area (Å²) in [6, 6.07) is 8.41. The van der Waals surface area contributed by atoms with E-state index < -0.39 is 5.82 Å². The van der Waals surface area contributed by atoms with Gasteiger partial charge in [-0.25, -0.2) is 19.0 Å². The number of carbonyl (C=O) groups is 1. The van der Waals surface area contributed by atoms with E-state index in [0.29, 0.717) is 24.5 Å². The molecule has 5 heterocycles. The van der Waals surface area contributed by atoms with E-state index in [0.717, 1.165) is 12.8 Å². The quantitative estimate of drug-likeness (QED) is 0.666. The van der Waals surface area contributed by atoms with Gasteiger partial charge in [0.2, 0.25) is 0 Å². The molecule has 2 bridgehead atoms. The number of fused-ring (bicyclic) bond motifs is 2. The minimum Gasteiger partial charge on any atom is -0.345 e. The van der Waals surface area contributed by atoms with Crippen molar-refractivity contribution in [2.24, 2.45) is 0 Å². The van der Waals surface area contributed by atoms with E-state index in [4.69, 9.17) is 5.26 Å². The number of anilines is 1. The van der Waals surface area contributed by atoms with Gasteiger partial charge in [-0.3, -0.25) is 4.79 Å². The van der Waals surface area contributed by atoms with Crippen LogP contribution in [-0.2, 0) is 0 Å². The Balaban J connectivity index is 1.43. The van der Waals surface area contributed by atoms with Crippen molar-refractivity contribution in [3.63, 3.8) is 0 Å². The van der Waals surface area contributed by atoms with Crippen LogP contribution in [0.15, 0.2) is 49.1 Å². The van der Waals surface area contributed by atoms with E-state index in [9.17, 15) is 9.18 Å². The Morgan fingerprint density at radius 2 is 1.83 bits per heavy atom. The summed E-state index contributed by atoms with van der Waals surface area (Å²) in [7, 11) is 0. The fourth-order valence-electron chi connectivity index (χ4n) is 4.42. The van der Waals surface area contributed by atoms with E-state index in [2.05, 4.69) is 15.1 Å². The molecule has 5 rings (SSSR count). The predicted molar refractivity (Wildman–Crippen MR) is 105 cm³/mol. The number of piperazine rings is 1. The topological polar surface area (TPSA) is 90.9 Å². The van der Waals surface area contributed by atoms with Crippen LogP contribution in [0.4, 0.5) is 10.2 Å². The van der Waals surface area contributed by atoms with Crippen molar-refractivity contribution in [1.82, 2.24) is 24.6 Å². The van der Waals surface area contributed by atoms with E-state index in [1.54, 1.807) is 46.4 Å². The second-order valence-corrected chi connectivity index (χ2v) is 7.44. The number of hydrogen-bond donors (Lipinski definition) is 0. The summed E-state index contributed by atoms with van der Waals surface area (Å²) in [5.41, 5.74) is 0.460. The van der Waals surface area contributed by atoms with Crippen molar-refractivity contribution in [3.05, 3.63) is 66.0 Å². The third-order valence-electron chi connectivity index (χ3n) is 5.74. The molecule has 0 spiro atoms. The summed E-state index contributed by atoms with van der Waals surface area (Å²) in [4.78, 5) is 25.6. The van der Waals surface area contributed by atoms with Crippen LogP contribution >= 0.6 is 0 Å². The van der Waals surface area contributed by atoms with Gasteiger partial charge in [-0.1, -0.05) is 0 Å². The largest absolute Gasteiger partial charge is 0.345 e. The molecule has 2 saturated heterocycles. The smallest absolute Gasteiger partial charge is 0.257 e. The molecule has 3 aromatic heterocycles. The molecule has 2 aliphatic heterocycles. The maximum absolute atomic E-state index is 14.7. The minimum atomic E-state index is -0.593. The van der Waals surface area contributed by atoms with Crippen molar-refractivity contribution >= 4 is 11.7 Å². The molecular formula is C21H18FN7O. The normalized spacial score (nSPS) is 20.3. The van der Waals surface area contributed by atoms with Gasteiger partial charge >= 0.3 is 0 Å². The number of hydrogen-bond acceptors (Lipinski definition) is 6. The zero-order valence-electron chi connectivity index (χ0n) is 16.0. The number of likely N-dealkylation sites (tertiary alicyclic amines) is 1. The van der Waals surface area contributed by atoms with Crippen LogP contribution in [0, 0.1) is 17.1 Å². The number of halogens is 1. The average Bonchev–Trinajstić information content (AvgIpc) is 3.39. The summed E-state index contributed by atoms with van der Waals surface area (Å²) < 4.78 is 16.3. The van der Waals surface area contributed by atoms with Gasteiger partial charge in [0, 0.05) is 50.0 Å². The lowest BCUT2D eigenvalue weighted by atomic mass is 10.1. The molecule has 150 valence electrons. The maximum Gasteiger partial charge on any atom is 0.257 e. The van der Waals surface area contributed by atoms with Crippen molar-refractivity contribution in [1.29, 1.82) is 5.26 Å². The molecule has 8 nitrogen and oxygen atoms in total. The highest BCUT2D eigenvalue weighted by Gasteiger charge is 2.43. The number of aromatic nitrogens is 4. The molecule has 30 heavy (non-hydrogen) atoms. The van der Waals surface area contributed by atoms with Gasteiger partial charge in [-0.2, -0.15) is 10.4 Å². The lowest BCUT2D eigenvalue weighted by Gasteiger charge is -2.42. The molecule has 2 atom stereocenters. The molecule has 2 fully saturated rings. The fourth-order valence-corrected chi connectivity index (χ4v) is 4.42. The van der Waals surface area contributed by atoms with Gasteiger partial charge in [0.05, 0.1) is 11.1 Å². The van der Waals surface area contributed by atoms with Crippen LogP contribution in [-0.4, -0.2) is 55.7 Å². The van der Waals surface area contributed by atoms with Gasteiger partial charge < -0.3 is 9.80 Å². The van der Waals surface area contributed by atoms with Gasteiger partial charge in [0.25, 0.3) is 5.91 Å². The van der Waals surface area contributed by atoms with E-state index in [1.807, 2.05) is 11.0 Å². The Labute approximate surface area is 172 Å². The molecule has 9 heteroatoms. The first-order chi connectivity index (χ1) is 14.7. The third-order valence-corrected chi connectivity index (χ3v) is 5.74. The van der Waals surface area contributed by atoms with E-state index in [-0.39, 0.29) is 29.4 Å². The summed E-state index contributed by atoms with van der Waals surface area (Å²) in [5.74, 6) is -0.0294. The Bertz CT molecular complexity index is 1130. The second kappa shape index (κ2) is 7.22. The molecule has 1 amide bonds. The number of nitrogens with zero attached hydrogens (tertiary/aromatic N) is 7. The minimum absolute atomic E-state index is 0.0165. The number of amides is 1. The van der Waals surface area contributed by atoms with E-state index in [1.165, 1.54) is 12.3 Å². The van der Waals surface area contributed by atoms with Gasteiger partial charge in [0.15, 0.2) is 17.5 Å². The monoisotopic (exact) mass is 403 g/mol. The van der Waals surface area contributed by atoms with Crippen LogP contribution in [0.2, 0.25) is 0 Å². The van der Waals surface area contributed by atoms with Gasteiger partial charge in [-0.05, 0) is 37.1 Å². The summed E-state index contributed by atoms with van der Waals surface area (Å²) >= 11 is 0. The van der Waals surface area contributed by atoms with Crippen molar-refractivity contribution in [3.8, 4) is 11.9 Å². The third kappa shape index (κ3) is 2.88. The highest BCUT2D eigenvalue weighted by molar-refractivity contribution is 5.97. The fraction of sp³-hybridized carbons (Fsp3) is 0.286. The average molecular weight is 403 g/mol.